The van der Waals surface area contributed by atoms with Crippen molar-refractivity contribution < 1.29 is 23.9 Å². The van der Waals surface area contributed by atoms with Gasteiger partial charge in [-0.3, -0.25) is 24.7 Å². The van der Waals surface area contributed by atoms with E-state index < -0.39 is 29.7 Å². The fraction of sp³-hybridized carbons (Fsp3) is 0.148. The van der Waals surface area contributed by atoms with Crippen molar-refractivity contribution in [1.82, 2.24) is 10.4 Å². The number of anilines is 2. The molecule has 1 heterocycles. The number of carbonyl (C=O) groups excluding carboxylic acids is 4. The van der Waals surface area contributed by atoms with Crippen molar-refractivity contribution in [3.63, 3.8) is 0 Å². The van der Waals surface area contributed by atoms with Gasteiger partial charge in [0.25, 0.3) is 11.8 Å². The first kappa shape index (κ1) is 25.5. The minimum absolute atomic E-state index is 0.0528. The third-order valence-electron chi connectivity index (χ3n) is 5.55. The molecule has 1 aliphatic rings. The van der Waals surface area contributed by atoms with E-state index in [4.69, 9.17) is 17.0 Å². The largest absolute Gasteiger partial charge is 0.462 e. The number of thiocarbonyl (C=S) groups is 1. The van der Waals surface area contributed by atoms with Crippen LogP contribution in [0.15, 0.2) is 84.9 Å². The van der Waals surface area contributed by atoms with Crippen molar-refractivity contribution in [3.8, 4) is 0 Å². The van der Waals surface area contributed by atoms with Crippen LogP contribution in [0.3, 0.4) is 0 Å². The topological polar surface area (TPSA) is 108 Å². The third-order valence-corrected chi connectivity index (χ3v) is 5.92. The Balaban J connectivity index is 1.53. The fourth-order valence-corrected chi connectivity index (χ4v) is 4.14. The van der Waals surface area contributed by atoms with Gasteiger partial charge in [0.1, 0.15) is 6.04 Å². The molecule has 37 heavy (non-hydrogen) atoms. The number of carbonyl (C=O) groups is 4. The first-order valence-electron chi connectivity index (χ1n) is 11.5. The van der Waals surface area contributed by atoms with E-state index in [2.05, 4.69) is 10.7 Å². The standard InChI is InChI=1S/C27H24N4O5S/c1-2-36-26(35)19-13-15-20(16-14-19)28-23(32)17-22-25(34)30(21-11-7-4-8-12-21)27(37)31(22)29-24(33)18-9-5-3-6-10-18/h3-16,22H,2,17H2,1H3,(H,28,32)(H,29,33). The Morgan fingerprint density at radius 1 is 0.892 bits per heavy atom. The van der Waals surface area contributed by atoms with Gasteiger partial charge < -0.3 is 10.1 Å². The van der Waals surface area contributed by atoms with Gasteiger partial charge >= 0.3 is 5.97 Å². The van der Waals surface area contributed by atoms with E-state index >= 15 is 0 Å². The van der Waals surface area contributed by atoms with E-state index in [-0.39, 0.29) is 18.1 Å². The van der Waals surface area contributed by atoms with E-state index in [1.807, 2.05) is 0 Å². The first-order chi connectivity index (χ1) is 17.9. The molecule has 9 nitrogen and oxygen atoms in total. The lowest BCUT2D eigenvalue weighted by Crippen LogP contribution is -2.49. The molecule has 1 aliphatic heterocycles. The highest BCUT2D eigenvalue weighted by atomic mass is 32.1. The molecule has 0 aromatic heterocycles. The molecule has 0 radical (unpaired) electrons. The van der Waals surface area contributed by atoms with Crippen LogP contribution >= 0.6 is 12.2 Å². The molecule has 3 aromatic carbocycles. The van der Waals surface area contributed by atoms with E-state index in [9.17, 15) is 19.2 Å². The number of rotatable bonds is 8. The predicted molar refractivity (Wildman–Crippen MR) is 142 cm³/mol. The van der Waals surface area contributed by atoms with Crippen LogP contribution in [0.1, 0.15) is 34.1 Å². The third kappa shape index (κ3) is 5.81. The van der Waals surface area contributed by atoms with Crippen molar-refractivity contribution in [3.05, 3.63) is 96.1 Å². The second-order valence-electron chi connectivity index (χ2n) is 8.03. The first-order valence-corrected chi connectivity index (χ1v) is 11.9. The number of nitrogens with zero attached hydrogens (tertiary/aromatic N) is 2. The van der Waals surface area contributed by atoms with Gasteiger partial charge in [-0.2, -0.15) is 0 Å². The van der Waals surface area contributed by atoms with Crippen molar-refractivity contribution in [2.45, 2.75) is 19.4 Å². The lowest BCUT2D eigenvalue weighted by atomic mass is 10.1. The summed E-state index contributed by atoms with van der Waals surface area (Å²) in [5.41, 5.74) is 4.37. The molecular weight excluding hydrogens is 492 g/mol. The zero-order chi connectivity index (χ0) is 26.4. The Morgan fingerprint density at radius 2 is 1.51 bits per heavy atom. The number of nitrogens with one attached hydrogen (secondary N) is 2. The summed E-state index contributed by atoms with van der Waals surface area (Å²) < 4.78 is 4.96. The fourth-order valence-electron chi connectivity index (χ4n) is 3.77. The summed E-state index contributed by atoms with van der Waals surface area (Å²) in [5, 5.41) is 4.02. The van der Waals surface area contributed by atoms with Crippen molar-refractivity contribution in [2.24, 2.45) is 0 Å². The van der Waals surface area contributed by atoms with Crippen molar-refractivity contribution in [2.75, 3.05) is 16.8 Å². The number of hydrazine groups is 1. The smallest absolute Gasteiger partial charge is 0.338 e. The molecule has 1 atom stereocenters. The summed E-state index contributed by atoms with van der Waals surface area (Å²) in [6.45, 7) is 1.97. The van der Waals surface area contributed by atoms with Gasteiger partial charge in [-0.05, 0) is 67.7 Å². The highest BCUT2D eigenvalue weighted by Gasteiger charge is 2.45. The molecule has 3 amide bonds. The summed E-state index contributed by atoms with van der Waals surface area (Å²) >= 11 is 5.55. The summed E-state index contributed by atoms with van der Waals surface area (Å²) in [6, 6.07) is 22.4. The highest BCUT2D eigenvalue weighted by Crippen LogP contribution is 2.26. The number of hydrogen-bond donors (Lipinski definition) is 2. The van der Waals surface area contributed by atoms with Crippen LogP contribution in [-0.2, 0) is 14.3 Å². The van der Waals surface area contributed by atoms with Crippen LogP contribution in [0, 0.1) is 0 Å². The molecule has 10 heteroatoms. The molecule has 3 aromatic rings. The van der Waals surface area contributed by atoms with Crippen LogP contribution in [-0.4, -0.2) is 46.5 Å². The summed E-state index contributed by atoms with van der Waals surface area (Å²) in [6.07, 6.45) is -0.281. The molecule has 1 unspecified atom stereocenters. The van der Waals surface area contributed by atoms with E-state index in [1.54, 1.807) is 79.7 Å². The quantitative estimate of drug-likeness (QED) is 0.348. The second kappa shape index (κ2) is 11.4. The minimum atomic E-state index is -1.07. The van der Waals surface area contributed by atoms with Crippen molar-refractivity contribution in [1.29, 1.82) is 0 Å². The lowest BCUT2D eigenvalue weighted by Gasteiger charge is -2.24. The Labute approximate surface area is 219 Å². The Hall–Kier alpha value is -4.57. The Bertz CT molecular complexity index is 1320. The molecule has 1 fully saturated rings. The maximum absolute atomic E-state index is 13.4. The minimum Gasteiger partial charge on any atom is -0.462 e. The molecule has 0 aliphatic carbocycles. The van der Waals surface area contributed by atoms with Gasteiger partial charge in [0.15, 0.2) is 0 Å². The van der Waals surface area contributed by atoms with Gasteiger partial charge in [-0.25, -0.2) is 9.80 Å². The predicted octanol–water partition coefficient (Wildman–Crippen LogP) is 3.54. The maximum Gasteiger partial charge on any atom is 0.338 e. The van der Waals surface area contributed by atoms with Crippen LogP contribution in [0.5, 0.6) is 0 Å². The maximum atomic E-state index is 13.4. The zero-order valence-electron chi connectivity index (χ0n) is 19.9. The lowest BCUT2D eigenvalue weighted by molar-refractivity contribution is -0.124. The highest BCUT2D eigenvalue weighted by molar-refractivity contribution is 7.80. The summed E-state index contributed by atoms with van der Waals surface area (Å²) in [5.74, 6) is -1.85. The number of amides is 3. The molecule has 1 saturated heterocycles. The zero-order valence-corrected chi connectivity index (χ0v) is 20.7. The monoisotopic (exact) mass is 516 g/mol. The van der Waals surface area contributed by atoms with Gasteiger partial charge in [-0.1, -0.05) is 36.4 Å². The molecule has 0 bridgehead atoms. The summed E-state index contributed by atoms with van der Waals surface area (Å²) in [4.78, 5) is 52.4. The molecule has 188 valence electrons. The average molecular weight is 517 g/mol. The summed E-state index contributed by atoms with van der Waals surface area (Å²) in [7, 11) is 0. The van der Waals surface area contributed by atoms with E-state index in [1.165, 1.54) is 22.0 Å². The van der Waals surface area contributed by atoms with E-state index in [0.29, 0.717) is 22.5 Å². The molecule has 2 N–H and O–H groups in total. The van der Waals surface area contributed by atoms with Gasteiger partial charge in [0.2, 0.25) is 11.0 Å². The normalized spacial score (nSPS) is 14.9. The molecular formula is C27H24N4O5S. The number of ether oxygens (including phenoxy) is 1. The number of benzene rings is 3. The SMILES string of the molecule is CCOC(=O)c1ccc(NC(=O)CC2C(=O)N(c3ccccc3)C(=S)N2NC(=O)c2ccccc2)cc1. The second-order valence-corrected chi connectivity index (χ2v) is 8.40. The Morgan fingerprint density at radius 3 is 2.14 bits per heavy atom. The Kier molecular flexibility index (Phi) is 7.89. The van der Waals surface area contributed by atoms with Crippen LogP contribution in [0.25, 0.3) is 0 Å². The number of hydrogen-bond acceptors (Lipinski definition) is 6. The molecule has 0 spiro atoms. The number of para-hydroxylation sites is 1. The number of esters is 1. The van der Waals surface area contributed by atoms with Gasteiger partial charge in [0, 0.05) is 11.3 Å². The molecule has 0 saturated carbocycles. The van der Waals surface area contributed by atoms with Crippen molar-refractivity contribution >= 4 is 52.4 Å². The van der Waals surface area contributed by atoms with Crippen LogP contribution in [0.2, 0.25) is 0 Å². The van der Waals surface area contributed by atoms with E-state index in [0.717, 1.165) is 0 Å². The van der Waals surface area contributed by atoms with Crippen LogP contribution < -0.4 is 15.6 Å². The van der Waals surface area contributed by atoms with Gasteiger partial charge in [0.05, 0.1) is 24.3 Å². The average Bonchev–Trinajstić information content (AvgIpc) is 3.14. The molecule has 4 rings (SSSR count). The van der Waals surface area contributed by atoms with Crippen LogP contribution in [0.4, 0.5) is 11.4 Å². The van der Waals surface area contributed by atoms with Gasteiger partial charge in [-0.15, -0.1) is 0 Å².